The lowest BCUT2D eigenvalue weighted by atomic mass is 9.86. The Morgan fingerprint density at radius 2 is 2.39 bits per heavy atom. The van der Waals surface area contributed by atoms with Crippen LogP contribution in [0.5, 0.6) is 5.75 Å². The molecule has 2 atom stereocenters. The molecule has 4 heteroatoms. The van der Waals surface area contributed by atoms with Gasteiger partial charge in [0.1, 0.15) is 17.2 Å². The maximum absolute atomic E-state index is 13.4. The summed E-state index contributed by atoms with van der Waals surface area (Å²) in [6.45, 7) is 4.30. The van der Waals surface area contributed by atoms with Crippen molar-refractivity contribution in [3.8, 4) is 5.75 Å². The molecule has 2 unspecified atom stereocenters. The second kappa shape index (κ2) is 4.52. The Bertz CT molecular complexity index is 443. The van der Waals surface area contributed by atoms with Gasteiger partial charge in [0.2, 0.25) is 0 Å². The Morgan fingerprint density at radius 3 is 3.11 bits per heavy atom. The number of rotatable bonds is 2. The Hall–Kier alpha value is -1.13. The Morgan fingerprint density at radius 1 is 1.50 bits per heavy atom. The van der Waals surface area contributed by atoms with Crippen molar-refractivity contribution >= 4 is 0 Å². The van der Waals surface area contributed by atoms with Gasteiger partial charge in [-0.05, 0) is 24.7 Å². The van der Waals surface area contributed by atoms with Gasteiger partial charge in [0.25, 0.3) is 0 Å². The summed E-state index contributed by atoms with van der Waals surface area (Å²) in [5.41, 5.74) is 0.701. The van der Waals surface area contributed by atoms with E-state index in [9.17, 15) is 4.39 Å². The van der Waals surface area contributed by atoms with Crippen LogP contribution in [0.25, 0.3) is 0 Å². The lowest BCUT2D eigenvalue weighted by molar-refractivity contribution is 0.0189. The van der Waals surface area contributed by atoms with E-state index in [2.05, 4.69) is 12.2 Å². The molecule has 1 spiro atoms. The minimum atomic E-state index is -0.225. The van der Waals surface area contributed by atoms with Gasteiger partial charge in [0.05, 0.1) is 13.2 Å². The van der Waals surface area contributed by atoms with Crippen LogP contribution in [0.4, 0.5) is 4.39 Å². The Labute approximate surface area is 106 Å². The van der Waals surface area contributed by atoms with Gasteiger partial charge in [0, 0.05) is 24.4 Å². The quantitative estimate of drug-likeness (QED) is 0.875. The molecule has 0 bridgehead atoms. The highest BCUT2D eigenvalue weighted by Gasteiger charge is 2.43. The zero-order valence-corrected chi connectivity index (χ0v) is 10.5. The number of hydrogen-bond donors (Lipinski definition) is 1. The zero-order valence-electron chi connectivity index (χ0n) is 10.5. The van der Waals surface area contributed by atoms with Crippen LogP contribution < -0.4 is 10.1 Å². The molecule has 3 rings (SSSR count). The summed E-state index contributed by atoms with van der Waals surface area (Å²) in [6, 6.07) is 4.91. The van der Waals surface area contributed by atoms with Gasteiger partial charge in [-0.2, -0.15) is 0 Å². The predicted molar refractivity (Wildman–Crippen MR) is 66.2 cm³/mol. The molecule has 3 nitrogen and oxygen atoms in total. The molecule has 1 N–H and O–H groups in total. The van der Waals surface area contributed by atoms with E-state index >= 15 is 0 Å². The van der Waals surface area contributed by atoms with Crippen LogP contribution in [0, 0.1) is 5.82 Å². The fraction of sp³-hybridized carbons (Fsp3) is 0.571. The average molecular weight is 251 g/mol. The molecule has 2 aliphatic rings. The number of halogens is 1. The van der Waals surface area contributed by atoms with Gasteiger partial charge >= 0.3 is 0 Å². The maximum atomic E-state index is 13.4. The van der Waals surface area contributed by atoms with E-state index < -0.39 is 0 Å². The van der Waals surface area contributed by atoms with Crippen LogP contribution in [0.3, 0.4) is 0 Å². The van der Waals surface area contributed by atoms with Gasteiger partial charge in [-0.3, -0.25) is 0 Å². The molecule has 98 valence electrons. The highest BCUT2D eigenvalue weighted by atomic mass is 19.1. The van der Waals surface area contributed by atoms with E-state index in [0.29, 0.717) is 6.61 Å². The first-order chi connectivity index (χ1) is 8.72. The number of ether oxygens (including phenoxy) is 2. The summed E-state index contributed by atoms with van der Waals surface area (Å²) in [5, 5.41) is 3.42. The smallest absolute Gasteiger partial charge is 0.136 e. The minimum absolute atomic E-state index is 0.149. The first-order valence-electron chi connectivity index (χ1n) is 6.52. The summed E-state index contributed by atoms with van der Waals surface area (Å²) >= 11 is 0. The Balaban J connectivity index is 1.97. The molecule has 18 heavy (non-hydrogen) atoms. The average Bonchev–Trinajstić information content (AvgIpc) is 2.79. The lowest BCUT2D eigenvalue weighted by Gasteiger charge is -2.39. The van der Waals surface area contributed by atoms with Crippen molar-refractivity contribution in [3.05, 3.63) is 29.6 Å². The van der Waals surface area contributed by atoms with E-state index in [1.807, 2.05) is 0 Å². The minimum Gasteiger partial charge on any atom is -0.484 e. The van der Waals surface area contributed by atoms with Gasteiger partial charge in [-0.25, -0.2) is 4.39 Å². The number of hydrogen-bond acceptors (Lipinski definition) is 3. The van der Waals surface area contributed by atoms with Crippen molar-refractivity contribution in [1.82, 2.24) is 5.32 Å². The van der Waals surface area contributed by atoms with Crippen LogP contribution in [0.2, 0.25) is 0 Å². The van der Waals surface area contributed by atoms with Crippen molar-refractivity contribution in [2.75, 3.05) is 19.8 Å². The van der Waals surface area contributed by atoms with Crippen molar-refractivity contribution < 1.29 is 13.9 Å². The fourth-order valence-electron chi connectivity index (χ4n) is 2.90. The summed E-state index contributed by atoms with van der Waals surface area (Å²) in [4.78, 5) is 0. The third kappa shape index (κ3) is 1.99. The molecule has 0 aliphatic carbocycles. The van der Waals surface area contributed by atoms with Crippen LogP contribution in [-0.4, -0.2) is 25.4 Å². The van der Waals surface area contributed by atoms with Gasteiger partial charge in [-0.1, -0.05) is 6.92 Å². The van der Waals surface area contributed by atoms with Crippen molar-refractivity contribution in [3.63, 3.8) is 0 Å². The van der Waals surface area contributed by atoms with E-state index in [1.165, 1.54) is 6.07 Å². The predicted octanol–water partition coefficient (Wildman–Crippen LogP) is 2.42. The maximum Gasteiger partial charge on any atom is 0.136 e. The summed E-state index contributed by atoms with van der Waals surface area (Å²) in [5.74, 6) is 0.581. The van der Waals surface area contributed by atoms with E-state index in [1.54, 1.807) is 12.1 Å². The first-order valence-corrected chi connectivity index (χ1v) is 6.52. The van der Waals surface area contributed by atoms with E-state index in [4.69, 9.17) is 9.47 Å². The third-order valence-electron chi connectivity index (χ3n) is 3.77. The van der Waals surface area contributed by atoms with Crippen LogP contribution in [-0.2, 0) is 4.74 Å². The Kier molecular flexibility index (Phi) is 2.99. The molecule has 1 aromatic carbocycles. The van der Waals surface area contributed by atoms with Crippen LogP contribution >= 0.6 is 0 Å². The van der Waals surface area contributed by atoms with Crippen molar-refractivity contribution in [2.45, 2.75) is 31.4 Å². The molecule has 0 amide bonds. The number of nitrogens with one attached hydrogen (secondary N) is 1. The summed E-state index contributed by atoms with van der Waals surface area (Å²) < 4.78 is 24.9. The molecular weight excluding hydrogens is 233 g/mol. The monoisotopic (exact) mass is 251 g/mol. The second-order valence-electron chi connectivity index (χ2n) is 5.08. The molecule has 1 fully saturated rings. The zero-order chi connectivity index (χ0) is 12.6. The molecule has 1 aromatic rings. The summed E-state index contributed by atoms with van der Waals surface area (Å²) in [7, 11) is 0. The summed E-state index contributed by atoms with van der Waals surface area (Å²) in [6.07, 6.45) is 1.75. The molecular formula is C14H18FNO2. The molecule has 2 heterocycles. The molecule has 0 aromatic heterocycles. The third-order valence-corrected chi connectivity index (χ3v) is 3.77. The topological polar surface area (TPSA) is 30.5 Å². The normalized spacial score (nSPS) is 30.2. The van der Waals surface area contributed by atoms with Crippen molar-refractivity contribution in [1.29, 1.82) is 0 Å². The first kappa shape index (κ1) is 11.9. The van der Waals surface area contributed by atoms with Gasteiger partial charge in [-0.15, -0.1) is 0 Å². The second-order valence-corrected chi connectivity index (χ2v) is 5.08. The van der Waals surface area contributed by atoms with Gasteiger partial charge < -0.3 is 14.8 Å². The molecule has 0 radical (unpaired) electrons. The van der Waals surface area contributed by atoms with Crippen LogP contribution in [0.15, 0.2) is 18.2 Å². The highest BCUT2D eigenvalue weighted by molar-refractivity contribution is 5.39. The van der Waals surface area contributed by atoms with Gasteiger partial charge in [0.15, 0.2) is 0 Å². The standard InChI is InChI=1S/C14H18FNO2/c1-2-16-12-8-14(5-6-17-9-14)18-13-4-3-10(15)7-11(12)13/h3-4,7,12,16H,2,5-6,8-9H2,1H3. The molecule has 0 saturated carbocycles. The van der Waals surface area contributed by atoms with Crippen molar-refractivity contribution in [2.24, 2.45) is 0 Å². The molecule has 1 saturated heterocycles. The molecule has 2 aliphatic heterocycles. The number of benzene rings is 1. The van der Waals surface area contributed by atoms with E-state index in [0.717, 1.165) is 37.3 Å². The number of fused-ring (bicyclic) bond motifs is 1. The fourth-order valence-corrected chi connectivity index (χ4v) is 2.90. The highest BCUT2D eigenvalue weighted by Crippen LogP contribution is 2.43. The largest absolute Gasteiger partial charge is 0.484 e. The van der Waals surface area contributed by atoms with E-state index in [-0.39, 0.29) is 17.5 Å². The van der Waals surface area contributed by atoms with Crippen LogP contribution in [0.1, 0.15) is 31.4 Å². The lowest BCUT2D eigenvalue weighted by Crippen LogP contribution is -2.44. The SMILES string of the molecule is CCNC1CC2(CCOC2)Oc2ccc(F)cc21.